The maximum Gasteiger partial charge on any atom is 0.309 e. The van der Waals surface area contributed by atoms with Crippen molar-refractivity contribution in [3.63, 3.8) is 0 Å². The molecule has 0 spiro atoms. The lowest BCUT2D eigenvalue weighted by Gasteiger charge is -2.33. The van der Waals surface area contributed by atoms with Crippen LogP contribution in [0.25, 0.3) is 10.2 Å². The first kappa shape index (κ1) is 28.7. The number of nitrogens with zero attached hydrogens (tertiary/aromatic N) is 1. The van der Waals surface area contributed by atoms with Crippen LogP contribution < -0.4 is 0 Å². The van der Waals surface area contributed by atoms with Gasteiger partial charge in [0, 0.05) is 18.8 Å². The standard InChI is InChI=1S/C30H39NO6S/c1-7-9-21-14-18(2)10-8-13-29(6)30(35,37-29)17-23(20-11-12-24-22(15-20)31-19(3)38-24)36-26(33)16-25(32)28(4,5)27(21)34/h1,11-12,15,18,21,23,25,32,35H,8-10,13-14,16-17H2,2-6H3. The Hall–Kier alpha value is -2.31. The number of cyclic esters (lactones) is 1. The van der Waals surface area contributed by atoms with E-state index in [1.54, 1.807) is 25.2 Å². The number of carbonyl (C=O) groups is 2. The highest BCUT2D eigenvalue weighted by Crippen LogP contribution is 2.54. The number of fused-ring (bicyclic) bond motifs is 2. The Bertz CT molecular complexity index is 1250. The van der Waals surface area contributed by atoms with Crippen LogP contribution in [0.4, 0.5) is 0 Å². The number of carbonyl (C=O) groups excluding carboxylic acids is 2. The largest absolute Gasteiger partial charge is 0.457 e. The monoisotopic (exact) mass is 541 g/mol. The molecule has 1 aromatic heterocycles. The Morgan fingerprint density at radius 3 is 2.71 bits per heavy atom. The van der Waals surface area contributed by atoms with Crippen LogP contribution >= 0.6 is 11.3 Å². The summed E-state index contributed by atoms with van der Waals surface area (Å²) in [5.41, 5.74) is -0.457. The fourth-order valence-corrected chi connectivity index (χ4v) is 6.52. The third-order valence-electron chi connectivity index (χ3n) is 8.41. The van der Waals surface area contributed by atoms with Crippen molar-refractivity contribution < 1.29 is 29.3 Å². The van der Waals surface area contributed by atoms with Gasteiger partial charge in [0.1, 0.15) is 17.5 Å². The Kier molecular flexibility index (Phi) is 8.07. The Balaban J connectivity index is 1.65. The molecule has 1 aromatic carbocycles. The molecule has 0 aliphatic carbocycles. The van der Waals surface area contributed by atoms with Crippen molar-refractivity contribution in [1.82, 2.24) is 4.98 Å². The molecule has 6 atom stereocenters. The number of ether oxygens (including phenoxy) is 2. The van der Waals surface area contributed by atoms with Gasteiger partial charge in [-0.1, -0.05) is 39.7 Å². The lowest BCUT2D eigenvalue weighted by molar-refractivity contribution is -0.158. The summed E-state index contributed by atoms with van der Waals surface area (Å²) >= 11 is 1.58. The van der Waals surface area contributed by atoms with Crippen LogP contribution in [0.5, 0.6) is 0 Å². The van der Waals surface area contributed by atoms with E-state index in [0.717, 1.165) is 28.1 Å². The van der Waals surface area contributed by atoms with Crippen molar-refractivity contribution in [3.05, 3.63) is 28.8 Å². The predicted molar refractivity (Wildman–Crippen MR) is 146 cm³/mol. The number of ketones is 1. The molecule has 0 saturated carbocycles. The number of aromatic nitrogens is 1. The normalized spacial score (nSPS) is 34.8. The van der Waals surface area contributed by atoms with E-state index in [9.17, 15) is 19.8 Å². The first-order chi connectivity index (χ1) is 17.8. The molecule has 3 heterocycles. The minimum absolute atomic E-state index is 0.0576. The van der Waals surface area contributed by atoms with E-state index in [4.69, 9.17) is 15.9 Å². The molecular formula is C30H39NO6S. The lowest BCUT2D eigenvalue weighted by Crippen LogP contribution is -2.42. The van der Waals surface area contributed by atoms with Gasteiger partial charge in [0.25, 0.3) is 0 Å². The molecule has 2 aliphatic rings. The molecule has 6 unspecified atom stereocenters. The average molecular weight is 542 g/mol. The summed E-state index contributed by atoms with van der Waals surface area (Å²) in [5.74, 6) is 0.197. The molecule has 2 aliphatic heterocycles. The second-order valence-electron chi connectivity index (χ2n) is 11.9. The number of thiazole rings is 1. The Labute approximate surface area is 228 Å². The summed E-state index contributed by atoms with van der Waals surface area (Å²) in [6.45, 7) is 9.22. The van der Waals surface area contributed by atoms with Gasteiger partial charge in [-0.05, 0) is 50.3 Å². The topological polar surface area (TPSA) is 109 Å². The van der Waals surface area contributed by atoms with E-state index in [2.05, 4.69) is 17.8 Å². The maximum absolute atomic E-state index is 13.5. The number of epoxide rings is 1. The summed E-state index contributed by atoms with van der Waals surface area (Å²) in [6.07, 6.45) is 6.40. The number of terminal acetylenes is 1. The zero-order valence-corrected chi connectivity index (χ0v) is 23.8. The number of esters is 1. The van der Waals surface area contributed by atoms with Crippen molar-refractivity contribution in [2.45, 2.75) is 103 Å². The first-order valence-electron chi connectivity index (χ1n) is 13.4. The molecule has 2 N–H and O–H groups in total. The highest BCUT2D eigenvalue weighted by molar-refractivity contribution is 7.18. The molecule has 7 nitrogen and oxygen atoms in total. The first-order valence-corrected chi connectivity index (χ1v) is 14.2. The van der Waals surface area contributed by atoms with Crippen LogP contribution in [0.1, 0.15) is 89.3 Å². The molecule has 38 heavy (non-hydrogen) atoms. The van der Waals surface area contributed by atoms with E-state index in [1.165, 1.54) is 0 Å². The van der Waals surface area contributed by atoms with Gasteiger partial charge in [-0.25, -0.2) is 4.98 Å². The number of Topliss-reactive ketones (excluding diaryl/α,β-unsaturated/α-hetero) is 1. The molecular weight excluding hydrogens is 502 g/mol. The number of aliphatic hydroxyl groups excluding tert-OH is 1. The van der Waals surface area contributed by atoms with Gasteiger partial charge in [0.15, 0.2) is 5.79 Å². The predicted octanol–water partition coefficient (Wildman–Crippen LogP) is 5.25. The minimum atomic E-state index is -1.44. The zero-order chi connectivity index (χ0) is 27.9. The van der Waals surface area contributed by atoms with Gasteiger partial charge >= 0.3 is 5.97 Å². The second-order valence-corrected chi connectivity index (χ2v) is 13.1. The zero-order valence-electron chi connectivity index (χ0n) is 23.0. The third-order valence-corrected chi connectivity index (χ3v) is 9.36. The third kappa shape index (κ3) is 5.81. The van der Waals surface area contributed by atoms with Gasteiger partial charge in [-0.15, -0.1) is 23.7 Å². The molecule has 2 aromatic rings. The molecule has 0 amide bonds. The quantitative estimate of drug-likeness (QED) is 0.303. The number of hydrogen-bond acceptors (Lipinski definition) is 8. The summed E-state index contributed by atoms with van der Waals surface area (Å²) in [6, 6.07) is 5.67. The minimum Gasteiger partial charge on any atom is -0.457 e. The Morgan fingerprint density at radius 2 is 2.00 bits per heavy atom. The van der Waals surface area contributed by atoms with Gasteiger partial charge in [0.05, 0.1) is 33.2 Å². The highest BCUT2D eigenvalue weighted by Gasteiger charge is 2.66. The maximum atomic E-state index is 13.5. The molecule has 0 radical (unpaired) electrons. The summed E-state index contributed by atoms with van der Waals surface area (Å²) in [7, 11) is 0. The fourth-order valence-electron chi connectivity index (χ4n) is 5.72. The summed E-state index contributed by atoms with van der Waals surface area (Å²) in [4.78, 5) is 31.2. The highest BCUT2D eigenvalue weighted by atomic mass is 32.1. The smallest absolute Gasteiger partial charge is 0.309 e. The van der Waals surface area contributed by atoms with Crippen LogP contribution in [0.15, 0.2) is 18.2 Å². The van der Waals surface area contributed by atoms with Crippen molar-refractivity contribution >= 4 is 33.3 Å². The van der Waals surface area contributed by atoms with E-state index in [1.807, 2.05) is 32.0 Å². The van der Waals surface area contributed by atoms with Gasteiger partial charge in [0.2, 0.25) is 0 Å². The average Bonchev–Trinajstić information content (AvgIpc) is 3.16. The molecule has 2 saturated heterocycles. The summed E-state index contributed by atoms with van der Waals surface area (Å²) < 4.78 is 12.8. The van der Waals surface area contributed by atoms with Gasteiger partial charge in [-0.3, -0.25) is 9.59 Å². The van der Waals surface area contributed by atoms with Crippen LogP contribution in [-0.4, -0.2) is 44.4 Å². The molecule has 8 heteroatoms. The number of hydrogen-bond donors (Lipinski definition) is 2. The van der Waals surface area contributed by atoms with Gasteiger partial charge < -0.3 is 19.7 Å². The van der Waals surface area contributed by atoms with Crippen molar-refractivity contribution in [2.75, 3.05) is 0 Å². The second kappa shape index (κ2) is 10.7. The Morgan fingerprint density at radius 1 is 1.26 bits per heavy atom. The summed E-state index contributed by atoms with van der Waals surface area (Å²) in [5, 5.41) is 23.3. The SMILES string of the molecule is C#CCC1CC(C)CCCC2(C)OC2(O)CC(c2ccc3sc(C)nc3c2)OC(=O)CC(O)C(C)(C)C1=O. The van der Waals surface area contributed by atoms with Crippen molar-refractivity contribution in [3.8, 4) is 12.3 Å². The lowest BCUT2D eigenvalue weighted by atomic mass is 9.72. The van der Waals surface area contributed by atoms with Crippen LogP contribution in [0.3, 0.4) is 0 Å². The molecule has 4 rings (SSSR count). The fraction of sp³-hybridized carbons (Fsp3) is 0.633. The van der Waals surface area contributed by atoms with E-state index >= 15 is 0 Å². The van der Waals surface area contributed by atoms with E-state index in [0.29, 0.717) is 18.4 Å². The van der Waals surface area contributed by atoms with Crippen molar-refractivity contribution in [1.29, 1.82) is 0 Å². The molecule has 0 bridgehead atoms. The number of benzene rings is 1. The van der Waals surface area contributed by atoms with Crippen LogP contribution in [0, 0.1) is 36.5 Å². The number of rotatable bonds is 2. The molecule has 2 fully saturated rings. The van der Waals surface area contributed by atoms with E-state index in [-0.39, 0.29) is 31.0 Å². The molecule has 206 valence electrons. The van der Waals surface area contributed by atoms with Crippen LogP contribution in [0.2, 0.25) is 0 Å². The van der Waals surface area contributed by atoms with Crippen LogP contribution in [-0.2, 0) is 19.1 Å². The number of aliphatic hydroxyl groups is 2. The van der Waals surface area contributed by atoms with E-state index < -0.39 is 40.9 Å². The number of aryl methyl sites for hydroxylation is 1. The van der Waals surface area contributed by atoms with Crippen molar-refractivity contribution in [2.24, 2.45) is 17.3 Å². The van der Waals surface area contributed by atoms with Gasteiger partial charge in [-0.2, -0.15) is 0 Å².